The number of carbonyl (C=O) groups excluding carboxylic acids is 2. The van der Waals surface area contributed by atoms with Gasteiger partial charge >= 0.3 is 0 Å². The minimum atomic E-state index is -0.397. The monoisotopic (exact) mass is 451 g/mol. The van der Waals surface area contributed by atoms with Gasteiger partial charge in [-0.15, -0.1) is 11.3 Å². The molecule has 0 radical (unpaired) electrons. The Balaban J connectivity index is 1.65. The van der Waals surface area contributed by atoms with Crippen LogP contribution < -0.4 is 16.0 Å². The van der Waals surface area contributed by atoms with Crippen LogP contribution in [0.1, 0.15) is 23.0 Å². The van der Waals surface area contributed by atoms with Crippen molar-refractivity contribution in [3.63, 3.8) is 0 Å². The molecule has 0 atom stereocenters. The molecule has 9 heteroatoms. The van der Waals surface area contributed by atoms with Gasteiger partial charge in [-0.1, -0.05) is 36.2 Å². The molecule has 0 saturated carbocycles. The van der Waals surface area contributed by atoms with Crippen LogP contribution >= 0.6 is 46.8 Å². The fourth-order valence-corrected chi connectivity index (χ4v) is 4.29. The first kappa shape index (κ1) is 20.5. The van der Waals surface area contributed by atoms with Crippen LogP contribution in [-0.2, 0) is 4.79 Å². The zero-order valence-electron chi connectivity index (χ0n) is 14.6. The molecule has 0 spiro atoms. The Hall–Kier alpha value is -2.19. The fraction of sp³-hybridized carbons (Fsp3) is 0.105. The molecule has 0 fully saturated rings. The van der Waals surface area contributed by atoms with Crippen LogP contribution in [0, 0.1) is 0 Å². The maximum atomic E-state index is 12.5. The average molecular weight is 452 g/mol. The third-order valence-corrected chi connectivity index (χ3v) is 5.87. The van der Waals surface area contributed by atoms with E-state index in [-0.39, 0.29) is 11.0 Å². The predicted molar refractivity (Wildman–Crippen MR) is 121 cm³/mol. The summed E-state index contributed by atoms with van der Waals surface area (Å²) in [6, 6.07) is 12.3. The van der Waals surface area contributed by atoms with Crippen LogP contribution in [0.5, 0.6) is 0 Å². The zero-order valence-corrected chi connectivity index (χ0v) is 17.8. The third-order valence-electron chi connectivity index (χ3n) is 3.77. The lowest BCUT2D eigenvalue weighted by molar-refractivity contribution is -0.115. The predicted octanol–water partition coefficient (Wildman–Crippen LogP) is 5.68. The van der Waals surface area contributed by atoms with E-state index >= 15 is 0 Å². The molecule has 0 unspecified atom stereocenters. The summed E-state index contributed by atoms with van der Waals surface area (Å²) in [5, 5.41) is 10.2. The molecule has 2 aromatic carbocycles. The van der Waals surface area contributed by atoms with Crippen molar-refractivity contribution in [2.45, 2.75) is 13.3 Å². The fourth-order valence-electron chi connectivity index (χ4n) is 2.39. The minimum absolute atomic E-state index is 0.0648. The number of thiocarbonyl (C=S) groups is 1. The summed E-state index contributed by atoms with van der Waals surface area (Å²) in [6.45, 7) is 1.78. The van der Waals surface area contributed by atoms with Crippen LogP contribution in [-0.4, -0.2) is 16.9 Å². The maximum absolute atomic E-state index is 12.5. The Morgan fingerprint density at radius 1 is 1.04 bits per heavy atom. The van der Waals surface area contributed by atoms with Crippen molar-refractivity contribution in [1.82, 2.24) is 5.32 Å². The smallest absolute Gasteiger partial charge is 0.269 e. The maximum Gasteiger partial charge on any atom is 0.269 e. The Labute approximate surface area is 181 Å². The van der Waals surface area contributed by atoms with Gasteiger partial charge in [0.2, 0.25) is 5.91 Å². The second kappa shape index (κ2) is 8.87. The lowest BCUT2D eigenvalue weighted by Gasteiger charge is -2.10. The van der Waals surface area contributed by atoms with Gasteiger partial charge in [-0.05, 0) is 48.6 Å². The number of hydrogen-bond donors (Lipinski definition) is 3. The number of anilines is 2. The minimum Gasteiger partial charge on any atom is -0.332 e. The van der Waals surface area contributed by atoms with Crippen molar-refractivity contribution in [3.8, 4) is 0 Å². The number of halogens is 2. The first-order valence-electron chi connectivity index (χ1n) is 8.27. The molecule has 2 amide bonds. The molecule has 3 rings (SSSR count). The number of rotatable bonds is 4. The van der Waals surface area contributed by atoms with Crippen molar-refractivity contribution in [1.29, 1.82) is 0 Å². The van der Waals surface area contributed by atoms with Crippen molar-refractivity contribution in [2.75, 3.05) is 10.6 Å². The van der Waals surface area contributed by atoms with Crippen LogP contribution in [0.15, 0.2) is 42.5 Å². The molecule has 0 bridgehead atoms. The molecular weight excluding hydrogens is 437 g/mol. The van der Waals surface area contributed by atoms with E-state index in [1.165, 1.54) is 11.3 Å². The van der Waals surface area contributed by atoms with Gasteiger partial charge in [-0.3, -0.25) is 14.9 Å². The van der Waals surface area contributed by atoms with Gasteiger partial charge in [0, 0.05) is 32.9 Å². The number of benzene rings is 2. The van der Waals surface area contributed by atoms with E-state index in [4.69, 9.17) is 35.4 Å². The van der Waals surface area contributed by atoms with Crippen molar-refractivity contribution in [2.24, 2.45) is 0 Å². The Kier molecular flexibility index (Phi) is 6.51. The number of hydrogen-bond acceptors (Lipinski definition) is 4. The molecule has 5 nitrogen and oxygen atoms in total. The summed E-state index contributed by atoms with van der Waals surface area (Å²) in [5.74, 6) is -0.461. The number of carbonyl (C=O) groups is 2. The van der Waals surface area contributed by atoms with E-state index in [0.29, 0.717) is 32.7 Å². The average Bonchev–Trinajstić information content (AvgIpc) is 2.99. The highest BCUT2D eigenvalue weighted by Gasteiger charge is 2.18. The van der Waals surface area contributed by atoms with Gasteiger partial charge in [-0.25, -0.2) is 0 Å². The van der Waals surface area contributed by atoms with Crippen molar-refractivity contribution >= 4 is 85.1 Å². The second-order valence-corrected chi connectivity index (χ2v) is 8.05. The summed E-state index contributed by atoms with van der Waals surface area (Å²) < 4.78 is 0.825. The van der Waals surface area contributed by atoms with E-state index in [1.54, 1.807) is 49.4 Å². The van der Waals surface area contributed by atoms with Crippen LogP contribution in [0.3, 0.4) is 0 Å². The Bertz CT molecular complexity index is 1060. The molecule has 0 aliphatic rings. The van der Waals surface area contributed by atoms with Crippen molar-refractivity contribution in [3.05, 3.63) is 57.4 Å². The van der Waals surface area contributed by atoms with E-state index in [0.717, 1.165) is 10.1 Å². The molecule has 0 saturated heterocycles. The van der Waals surface area contributed by atoms with Gasteiger partial charge in [0.05, 0.1) is 5.02 Å². The normalized spacial score (nSPS) is 10.5. The van der Waals surface area contributed by atoms with Gasteiger partial charge in [-0.2, -0.15) is 0 Å². The molecule has 1 aromatic heterocycles. The molecule has 28 heavy (non-hydrogen) atoms. The number of amides is 2. The first-order valence-corrected chi connectivity index (χ1v) is 10.2. The standard InChI is InChI=1S/C19H15Cl2N3O2S2/c1-2-15(25)22-11-4-6-12(7-5-11)23-19(27)24-18(26)17-16(21)13-8-3-10(20)9-14(13)28-17/h3-9H,2H2,1H3,(H,22,25)(H2,23,24,26,27). The quantitative estimate of drug-likeness (QED) is 0.446. The highest BCUT2D eigenvalue weighted by atomic mass is 35.5. The summed E-state index contributed by atoms with van der Waals surface area (Å²) in [5.41, 5.74) is 1.36. The molecule has 0 aliphatic heterocycles. The number of thiophene rings is 1. The van der Waals surface area contributed by atoms with Crippen LogP contribution in [0.25, 0.3) is 10.1 Å². The lowest BCUT2D eigenvalue weighted by atomic mass is 10.2. The van der Waals surface area contributed by atoms with Gasteiger partial charge in [0.25, 0.3) is 5.91 Å². The molecule has 1 heterocycles. The highest BCUT2D eigenvalue weighted by molar-refractivity contribution is 7.80. The Morgan fingerprint density at radius 3 is 2.32 bits per heavy atom. The summed E-state index contributed by atoms with van der Waals surface area (Å²) >= 11 is 18.8. The summed E-state index contributed by atoms with van der Waals surface area (Å²) in [7, 11) is 0. The molecule has 144 valence electrons. The van der Waals surface area contributed by atoms with Crippen LogP contribution in [0.4, 0.5) is 11.4 Å². The molecule has 0 aliphatic carbocycles. The van der Waals surface area contributed by atoms with Gasteiger partial charge in [0.1, 0.15) is 4.88 Å². The topological polar surface area (TPSA) is 70.2 Å². The highest BCUT2D eigenvalue weighted by Crippen LogP contribution is 2.36. The summed E-state index contributed by atoms with van der Waals surface area (Å²) in [4.78, 5) is 24.3. The zero-order chi connectivity index (χ0) is 20.3. The molecule has 3 N–H and O–H groups in total. The Morgan fingerprint density at radius 2 is 1.68 bits per heavy atom. The SMILES string of the molecule is CCC(=O)Nc1ccc(NC(=S)NC(=O)c2sc3cc(Cl)ccc3c2Cl)cc1. The largest absolute Gasteiger partial charge is 0.332 e. The number of nitrogens with one attached hydrogen (secondary N) is 3. The number of fused-ring (bicyclic) bond motifs is 1. The van der Waals surface area contributed by atoms with Gasteiger partial charge in [0.15, 0.2) is 5.11 Å². The second-order valence-electron chi connectivity index (χ2n) is 5.77. The first-order chi connectivity index (χ1) is 13.4. The third kappa shape index (κ3) is 4.80. The van der Waals surface area contributed by atoms with Crippen molar-refractivity contribution < 1.29 is 9.59 Å². The molecule has 3 aromatic rings. The van der Waals surface area contributed by atoms with E-state index in [9.17, 15) is 9.59 Å². The van der Waals surface area contributed by atoms with Crippen LogP contribution in [0.2, 0.25) is 10.0 Å². The molecular formula is C19H15Cl2N3O2S2. The van der Waals surface area contributed by atoms with E-state index < -0.39 is 5.91 Å². The summed E-state index contributed by atoms with van der Waals surface area (Å²) in [6.07, 6.45) is 0.405. The lowest BCUT2D eigenvalue weighted by Crippen LogP contribution is -2.33. The van der Waals surface area contributed by atoms with Gasteiger partial charge < -0.3 is 10.6 Å². The van der Waals surface area contributed by atoms with E-state index in [1.807, 2.05) is 0 Å². The van der Waals surface area contributed by atoms with E-state index in [2.05, 4.69) is 16.0 Å².